The lowest BCUT2D eigenvalue weighted by Crippen LogP contribution is -1.67. The van der Waals surface area contributed by atoms with E-state index in [4.69, 9.17) is 10.2 Å². The van der Waals surface area contributed by atoms with Gasteiger partial charge >= 0.3 is 0 Å². The highest BCUT2D eigenvalue weighted by Gasteiger charge is 1.89. The fourth-order valence-electron chi connectivity index (χ4n) is 0.903. The third kappa shape index (κ3) is 4.56. The topological polar surface area (TPSA) is 40.5 Å². The van der Waals surface area contributed by atoms with Crippen LogP contribution in [0.5, 0.6) is 11.5 Å². The van der Waals surface area contributed by atoms with E-state index in [0.29, 0.717) is 11.5 Å². The molecule has 2 N–H and O–H groups in total. The van der Waals surface area contributed by atoms with Gasteiger partial charge in [-0.15, -0.1) is 0 Å². The van der Waals surface area contributed by atoms with Crippen molar-refractivity contribution in [3.05, 3.63) is 55.7 Å². The molecule has 0 heterocycles. The molecule has 0 aliphatic rings. The molecule has 2 aromatic carbocycles. The standard InChI is InChI=1S/2C6H5IO/c2*7-5-3-1-2-4-6(5)8/h2*1-4,8H. The zero-order chi connectivity index (χ0) is 12.0. The molecule has 0 amide bonds. The van der Waals surface area contributed by atoms with Crippen LogP contribution in [0.25, 0.3) is 0 Å². The van der Waals surface area contributed by atoms with Gasteiger partial charge in [0.1, 0.15) is 11.5 Å². The van der Waals surface area contributed by atoms with Crippen LogP contribution in [0.2, 0.25) is 0 Å². The minimum atomic E-state index is 0.355. The number of phenols is 2. The molecular formula is C12H10I2O2. The summed E-state index contributed by atoms with van der Waals surface area (Å²) in [5.41, 5.74) is 0. The second-order valence-corrected chi connectivity index (χ2v) is 5.23. The highest BCUT2D eigenvalue weighted by Crippen LogP contribution is 2.17. The Morgan fingerprint density at radius 3 is 1.12 bits per heavy atom. The molecule has 4 heteroatoms. The number of phenolic OH excluding ortho intramolecular Hbond substituents is 2. The van der Waals surface area contributed by atoms with E-state index in [-0.39, 0.29) is 0 Å². The van der Waals surface area contributed by atoms with E-state index in [1.54, 1.807) is 24.3 Å². The Labute approximate surface area is 122 Å². The molecule has 0 radical (unpaired) electrons. The van der Waals surface area contributed by atoms with Crippen LogP contribution in [0.1, 0.15) is 0 Å². The maximum atomic E-state index is 8.91. The van der Waals surface area contributed by atoms with Crippen LogP contribution in [-0.4, -0.2) is 10.2 Å². The number of rotatable bonds is 0. The first kappa shape index (κ1) is 13.6. The van der Waals surface area contributed by atoms with Gasteiger partial charge in [-0.05, 0) is 69.4 Å². The average Bonchev–Trinajstić information content (AvgIpc) is 2.28. The van der Waals surface area contributed by atoms with Crippen molar-refractivity contribution in [2.75, 3.05) is 0 Å². The van der Waals surface area contributed by atoms with E-state index in [1.807, 2.05) is 24.3 Å². The number of halogens is 2. The van der Waals surface area contributed by atoms with Crippen LogP contribution >= 0.6 is 45.2 Å². The van der Waals surface area contributed by atoms with Gasteiger partial charge in [0.25, 0.3) is 0 Å². The maximum Gasteiger partial charge on any atom is 0.128 e. The summed E-state index contributed by atoms with van der Waals surface area (Å²) in [5, 5.41) is 17.8. The summed E-state index contributed by atoms with van der Waals surface area (Å²) in [6.07, 6.45) is 0. The van der Waals surface area contributed by atoms with Crippen LogP contribution < -0.4 is 0 Å². The Bertz CT molecular complexity index is 373. The molecule has 0 aliphatic carbocycles. The van der Waals surface area contributed by atoms with Gasteiger partial charge in [0, 0.05) is 0 Å². The third-order valence-electron chi connectivity index (χ3n) is 1.70. The van der Waals surface area contributed by atoms with Gasteiger partial charge in [0.15, 0.2) is 0 Å². The van der Waals surface area contributed by atoms with Gasteiger partial charge in [0.05, 0.1) is 7.14 Å². The van der Waals surface area contributed by atoms with Crippen LogP contribution in [0.3, 0.4) is 0 Å². The zero-order valence-corrected chi connectivity index (χ0v) is 12.6. The quantitative estimate of drug-likeness (QED) is 0.609. The Hall–Kier alpha value is -0.500. The van der Waals surface area contributed by atoms with E-state index < -0.39 is 0 Å². The first-order valence-electron chi connectivity index (χ1n) is 4.48. The van der Waals surface area contributed by atoms with E-state index in [0.717, 1.165) is 7.14 Å². The fourth-order valence-corrected chi connectivity index (χ4v) is 1.68. The number of para-hydroxylation sites is 2. The molecule has 2 rings (SSSR count). The van der Waals surface area contributed by atoms with Gasteiger partial charge < -0.3 is 10.2 Å². The lowest BCUT2D eigenvalue weighted by atomic mass is 10.3. The molecule has 2 nitrogen and oxygen atoms in total. The average molecular weight is 440 g/mol. The minimum absolute atomic E-state index is 0.355. The second kappa shape index (κ2) is 6.95. The lowest BCUT2D eigenvalue weighted by molar-refractivity contribution is 0.471. The molecule has 0 atom stereocenters. The highest BCUT2D eigenvalue weighted by atomic mass is 127. The third-order valence-corrected chi connectivity index (χ3v) is 3.53. The van der Waals surface area contributed by atoms with Gasteiger partial charge in [-0.25, -0.2) is 0 Å². The number of benzene rings is 2. The van der Waals surface area contributed by atoms with Crippen molar-refractivity contribution in [3.63, 3.8) is 0 Å². The highest BCUT2D eigenvalue weighted by molar-refractivity contribution is 14.1. The Balaban J connectivity index is 0.000000160. The van der Waals surface area contributed by atoms with Crippen molar-refractivity contribution in [3.8, 4) is 11.5 Å². The monoisotopic (exact) mass is 440 g/mol. The molecule has 0 saturated carbocycles. The summed E-state index contributed by atoms with van der Waals surface area (Å²) in [5.74, 6) is 0.709. The molecule has 0 fully saturated rings. The Morgan fingerprint density at radius 1 is 0.625 bits per heavy atom. The SMILES string of the molecule is Oc1ccccc1I.Oc1ccccc1I. The molecule has 0 saturated heterocycles. The van der Waals surface area contributed by atoms with Crippen LogP contribution in [0.4, 0.5) is 0 Å². The molecule has 0 unspecified atom stereocenters. The molecule has 2 aromatic rings. The van der Waals surface area contributed by atoms with Gasteiger partial charge in [-0.3, -0.25) is 0 Å². The van der Waals surface area contributed by atoms with Crippen molar-refractivity contribution in [1.82, 2.24) is 0 Å². The zero-order valence-electron chi connectivity index (χ0n) is 8.27. The largest absolute Gasteiger partial charge is 0.507 e. The molecular weight excluding hydrogens is 430 g/mol. The van der Waals surface area contributed by atoms with Crippen LogP contribution in [0, 0.1) is 7.14 Å². The molecule has 16 heavy (non-hydrogen) atoms. The van der Waals surface area contributed by atoms with E-state index in [2.05, 4.69) is 45.2 Å². The summed E-state index contributed by atoms with van der Waals surface area (Å²) in [7, 11) is 0. The van der Waals surface area contributed by atoms with Crippen molar-refractivity contribution in [2.24, 2.45) is 0 Å². The molecule has 0 spiro atoms. The summed E-state index contributed by atoms with van der Waals surface area (Å²) < 4.78 is 1.79. The van der Waals surface area contributed by atoms with E-state index in [9.17, 15) is 0 Å². The molecule has 0 bridgehead atoms. The van der Waals surface area contributed by atoms with Crippen LogP contribution in [0.15, 0.2) is 48.5 Å². The lowest BCUT2D eigenvalue weighted by Gasteiger charge is -1.90. The van der Waals surface area contributed by atoms with Crippen molar-refractivity contribution >= 4 is 45.2 Å². The summed E-state index contributed by atoms with van der Waals surface area (Å²) >= 11 is 4.15. The predicted molar refractivity (Wildman–Crippen MR) is 81.6 cm³/mol. The van der Waals surface area contributed by atoms with E-state index in [1.165, 1.54) is 0 Å². The van der Waals surface area contributed by atoms with E-state index >= 15 is 0 Å². The van der Waals surface area contributed by atoms with Gasteiger partial charge in [0.2, 0.25) is 0 Å². The van der Waals surface area contributed by atoms with Crippen molar-refractivity contribution < 1.29 is 10.2 Å². The van der Waals surface area contributed by atoms with Gasteiger partial charge in [-0.1, -0.05) is 24.3 Å². The molecule has 0 aliphatic heterocycles. The smallest absolute Gasteiger partial charge is 0.128 e. The van der Waals surface area contributed by atoms with Gasteiger partial charge in [-0.2, -0.15) is 0 Å². The number of hydrogen-bond donors (Lipinski definition) is 2. The number of aromatic hydroxyl groups is 2. The van der Waals surface area contributed by atoms with Crippen LogP contribution in [-0.2, 0) is 0 Å². The summed E-state index contributed by atoms with van der Waals surface area (Å²) in [6, 6.07) is 14.4. The first-order valence-corrected chi connectivity index (χ1v) is 6.64. The first-order chi connectivity index (χ1) is 7.61. The minimum Gasteiger partial charge on any atom is -0.507 e. The molecule has 0 aromatic heterocycles. The summed E-state index contributed by atoms with van der Waals surface area (Å²) in [6.45, 7) is 0. The van der Waals surface area contributed by atoms with Crippen molar-refractivity contribution in [1.29, 1.82) is 0 Å². The Morgan fingerprint density at radius 2 is 0.938 bits per heavy atom. The second-order valence-electron chi connectivity index (χ2n) is 2.90. The normalized spacial score (nSPS) is 9.12. The Kier molecular flexibility index (Phi) is 5.89. The maximum absolute atomic E-state index is 8.91. The van der Waals surface area contributed by atoms with Crippen molar-refractivity contribution in [2.45, 2.75) is 0 Å². The summed E-state index contributed by atoms with van der Waals surface area (Å²) in [4.78, 5) is 0. The predicted octanol–water partition coefficient (Wildman–Crippen LogP) is 3.99. The number of hydrogen-bond acceptors (Lipinski definition) is 2. The molecule has 84 valence electrons. The fraction of sp³-hybridized carbons (Fsp3) is 0.